The quantitative estimate of drug-likeness (QED) is 0.205. The minimum atomic E-state index is -5.04. The number of hydrogen-bond acceptors (Lipinski definition) is 7. The number of nitrogens with zero attached hydrogens (tertiary/aromatic N) is 6. The number of esters is 1. The molecule has 0 aliphatic heterocycles. The van der Waals surface area contributed by atoms with Crippen molar-refractivity contribution in [2.75, 3.05) is 0 Å². The van der Waals surface area contributed by atoms with Crippen LogP contribution in [0.3, 0.4) is 0 Å². The summed E-state index contributed by atoms with van der Waals surface area (Å²) in [5.74, 6) is -1.22. The molecular formula is C25H20Cl2F6N6O4. The summed E-state index contributed by atoms with van der Waals surface area (Å²) >= 11 is 12.0. The predicted octanol–water partition coefficient (Wildman–Crippen LogP) is 5.21. The van der Waals surface area contributed by atoms with Crippen LogP contribution in [0.25, 0.3) is 17.1 Å². The fraction of sp³-hybridized carbons (Fsp3) is 0.320. The second-order valence-corrected chi connectivity index (χ2v) is 10.00. The molecule has 0 saturated heterocycles. The average Bonchev–Trinajstić information content (AvgIpc) is 3.44. The Balaban J connectivity index is 1.81. The van der Waals surface area contributed by atoms with Crippen LogP contribution in [-0.2, 0) is 28.8 Å². The van der Waals surface area contributed by atoms with Gasteiger partial charge >= 0.3 is 24.0 Å². The van der Waals surface area contributed by atoms with Crippen LogP contribution in [0.5, 0.6) is 0 Å². The van der Waals surface area contributed by atoms with E-state index in [1.54, 1.807) is 0 Å². The molecule has 0 radical (unpaired) electrons. The Labute approximate surface area is 248 Å². The van der Waals surface area contributed by atoms with Crippen molar-refractivity contribution in [1.82, 2.24) is 29.1 Å². The number of hydrogen-bond donors (Lipinski definition) is 1. The number of benzene rings is 2. The van der Waals surface area contributed by atoms with Gasteiger partial charge in [-0.25, -0.2) is 19.1 Å². The summed E-state index contributed by atoms with van der Waals surface area (Å²) in [6, 6.07) is 8.09. The zero-order valence-electron chi connectivity index (χ0n) is 22.0. The summed E-state index contributed by atoms with van der Waals surface area (Å²) in [6.07, 6.45) is -13.7. The Kier molecular flexibility index (Phi) is 8.95. The number of aliphatic hydroxyl groups excluding tert-OH is 1. The van der Waals surface area contributed by atoms with Crippen molar-refractivity contribution in [2.45, 2.75) is 51.5 Å². The number of ether oxygens (including phenoxy) is 1. The van der Waals surface area contributed by atoms with Crippen LogP contribution < -0.4 is 5.69 Å². The molecule has 0 bridgehead atoms. The molecule has 2 aromatic heterocycles. The van der Waals surface area contributed by atoms with E-state index in [0.717, 1.165) is 28.4 Å². The molecule has 0 aliphatic carbocycles. The first-order valence-electron chi connectivity index (χ1n) is 12.1. The molecule has 10 nitrogen and oxygen atoms in total. The molecule has 4 aromatic rings. The number of alkyl halides is 6. The Hall–Kier alpha value is -3.89. The summed E-state index contributed by atoms with van der Waals surface area (Å²) < 4.78 is 86.6. The summed E-state index contributed by atoms with van der Waals surface area (Å²) in [5.41, 5.74) is -1.97. The van der Waals surface area contributed by atoms with E-state index in [0.29, 0.717) is 15.7 Å². The van der Waals surface area contributed by atoms with E-state index in [9.17, 15) is 41.0 Å². The van der Waals surface area contributed by atoms with Gasteiger partial charge < -0.3 is 9.84 Å². The lowest BCUT2D eigenvalue weighted by Gasteiger charge is -2.15. The molecule has 1 unspecified atom stereocenters. The van der Waals surface area contributed by atoms with E-state index in [-0.39, 0.29) is 33.7 Å². The van der Waals surface area contributed by atoms with Gasteiger partial charge in [0.25, 0.3) is 0 Å². The summed E-state index contributed by atoms with van der Waals surface area (Å²) in [7, 11) is 0. The van der Waals surface area contributed by atoms with Crippen molar-refractivity contribution in [2.24, 2.45) is 0 Å². The molecule has 18 heteroatoms. The predicted molar refractivity (Wildman–Crippen MR) is 140 cm³/mol. The normalized spacial score (nSPS) is 13.7. The molecule has 1 N–H and O–H groups in total. The topological polar surface area (TPSA) is 117 Å². The average molecular weight is 653 g/mol. The molecule has 4 rings (SSSR count). The van der Waals surface area contributed by atoms with Gasteiger partial charge in [-0.05, 0) is 49.4 Å². The highest BCUT2D eigenvalue weighted by molar-refractivity contribution is 6.32. The standard InChI is InChI=1S/C25H20Cl2F6N6O4/c1-12(43-13(2)40)21-34-20(35-39(21)18-8-5-15(9-17(18)27)24(28,29)30)11-38-23(42)37(10-19(41)25(31,32)33)22(36-38)14-3-6-16(26)7-4-14/h3-9,12,19,41H,10-11H2,1-2H3/t12?,19-/m0/s1. The Morgan fingerprint density at radius 1 is 1.05 bits per heavy atom. The van der Waals surface area contributed by atoms with Gasteiger partial charge in [-0.1, -0.05) is 23.2 Å². The van der Waals surface area contributed by atoms with Gasteiger partial charge in [0, 0.05) is 17.5 Å². The van der Waals surface area contributed by atoms with Gasteiger partial charge in [0.05, 0.1) is 22.8 Å². The maximum atomic E-state index is 13.2. The number of rotatable bonds is 8. The highest BCUT2D eigenvalue weighted by Gasteiger charge is 2.39. The van der Waals surface area contributed by atoms with Gasteiger partial charge in [-0.15, -0.1) is 10.2 Å². The second-order valence-electron chi connectivity index (χ2n) is 9.15. The summed E-state index contributed by atoms with van der Waals surface area (Å²) in [6.45, 7) is 0.794. The van der Waals surface area contributed by atoms with Crippen LogP contribution in [0, 0.1) is 0 Å². The summed E-state index contributed by atoms with van der Waals surface area (Å²) in [5, 5.41) is 17.9. The third-order valence-corrected chi connectivity index (χ3v) is 6.49. The van der Waals surface area contributed by atoms with E-state index in [1.807, 2.05) is 0 Å². The van der Waals surface area contributed by atoms with E-state index in [4.69, 9.17) is 27.9 Å². The van der Waals surface area contributed by atoms with E-state index >= 15 is 0 Å². The van der Waals surface area contributed by atoms with Gasteiger partial charge in [0.15, 0.2) is 29.7 Å². The van der Waals surface area contributed by atoms with Crippen molar-refractivity contribution in [3.05, 3.63) is 80.2 Å². The third-order valence-electron chi connectivity index (χ3n) is 5.94. The molecule has 43 heavy (non-hydrogen) atoms. The first-order valence-corrected chi connectivity index (χ1v) is 12.9. The highest BCUT2D eigenvalue weighted by atomic mass is 35.5. The zero-order valence-corrected chi connectivity index (χ0v) is 23.5. The van der Waals surface area contributed by atoms with E-state index in [2.05, 4.69) is 15.2 Å². The van der Waals surface area contributed by atoms with Crippen LogP contribution in [0.1, 0.15) is 37.2 Å². The maximum Gasteiger partial charge on any atom is 0.416 e. The fourth-order valence-electron chi connectivity index (χ4n) is 3.96. The Morgan fingerprint density at radius 3 is 2.26 bits per heavy atom. The van der Waals surface area contributed by atoms with Crippen LogP contribution in [-0.4, -0.2) is 52.5 Å². The molecule has 230 valence electrons. The molecule has 0 fully saturated rings. The highest BCUT2D eigenvalue weighted by Crippen LogP contribution is 2.34. The third kappa shape index (κ3) is 7.19. The SMILES string of the molecule is CC(=O)OC(C)c1nc(Cn2nc(-c3ccc(Cl)cc3)n(C[C@H](O)C(F)(F)F)c2=O)nn1-c1ccc(C(F)(F)F)cc1Cl. The van der Waals surface area contributed by atoms with Crippen LogP contribution in [0.2, 0.25) is 10.0 Å². The Bertz CT molecular complexity index is 1700. The van der Waals surface area contributed by atoms with Crippen molar-refractivity contribution >= 4 is 29.2 Å². The number of halogens is 8. The number of carbonyl (C=O) groups is 1. The minimum absolute atomic E-state index is 0.0737. The number of aromatic nitrogens is 6. The molecule has 2 aromatic carbocycles. The van der Waals surface area contributed by atoms with Crippen molar-refractivity contribution in [1.29, 1.82) is 0 Å². The first-order chi connectivity index (χ1) is 20.0. The minimum Gasteiger partial charge on any atom is -0.455 e. The van der Waals surface area contributed by atoms with Crippen LogP contribution >= 0.6 is 23.2 Å². The van der Waals surface area contributed by atoms with Gasteiger partial charge in [-0.3, -0.25) is 9.36 Å². The van der Waals surface area contributed by atoms with Gasteiger partial charge in [0.2, 0.25) is 0 Å². The summed E-state index contributed by atoms with van der Waals surface area (Å²) in [4.78, 5) is 29.1. The molecule has 2 heterocycles. The molecule has 0 saturated carbocycles. The van der Waals surface area contributed by atoms with Gasteiger partial charge in [0.1, 0.15) is 6.54 Å². The van der Waals surface area contributed by atoms with Gasteiger partial charge in [-0.2, -0.15) is 26.3 Å². The number of carbonyl (C=O) groups excluding carboxylic acids is 1. The van der Waals surface area contributed by atoms with Crippen molar-refractivity contribution in [3.8, 4) is 17.1 Å². The molecular weight excluding hydrogens is 633 g/mol. The van der Waals surface area contributed by atoms with Crippen LogP contribution in [0.15, 0.2) is 47.3 Å². The lowest BCUT2D eigenvalue weighted by molar-refractivity contribution is -0.207. The first kappa shape index (κ1) is 32.0. The largest absolute Gasteiger partial charge is 0.455 e. The van der Waals surface area contributed by atoms with Crippen LogP contribution in [0.4, 0.5) is 26.3 Å². The zero-order chi connectivity index (χ0) is 31.9. The lowest BCUT2D eigenvalue weighted by atomic mass is 10.2. The lowest BCUT2D eigenvalue weighted by Crippen LogP contribution is -2.37. The smallest absolute Gasteiger partial charge is 0.416 e. The second kappa shape index (κ2) is 12.0. The fourth-order valence-corrected chi connectivity index (χ4v) is 4.35. The molecule has 2 atom stereocenters. The molecule has 0 amide bonds. The van der Waals surface area contributed by atoms with Crippen molar-refractivity contribution < 1.29 is 41.0 Å². The van der Waals surface area contributed by atoms with Crippen molar-refractivity contribution in [3.63, 3.8) is 0 Å². The molecule has 0 aliphatic rings. The Morgan fingerprint density at radius 2 is 1.70 bits per heavy atom. The monoisotopic (exact) mass is 652 g/mol. The van der Waals surface area contributed by atoms with E-state index in [1.165, 1.54) is 31.2 Å². The number of aliphatic hydroxyl groups is 1. The molecule has 0 spiro atoms. The maximum absolute atomic E-state index is 13.2. The van der Waals surface area contributed by atoms with E-state index < -0.39 is 54.9 Å².